The summed E-state index contributed by atoms with van der Waals surface area (Å²) >= 11 is 0. The summed E-state index contributed by atoms with van der Waals surface area (Å²) in [5.41, 5.74) is 2.27. The highest BCUT2D eigenvalue weighted by Crippen LogP contribution is 2.29. The zero-order valence-electron chi connectivity index (χ0n) is 17.0. The maximum atomic E-state index is 8.49. The number of hydrogen-bond acceptors (Lipinski definition) is 6. The Balaban J connectivity index is 0.000000749. The van der Waals surface area contributed by atoms with Crippen LogP contribution in [-0.2, 0) is 7.05 Å². The van der Waals surface area contributed by atoms with Crippen LogP contribution in [0.2, 0.25) is 0 Å². The van der Waals surface area contributed by atoms with Crippen LogP contribution >= 0.6 is 0 Å². The number of benzene rings is 1. The first kappa shape index (κ1) is 24.9. The van der Waals surface area contributed by atoms with Gasteiger partial charge in [-0.3, -0.25) is 0 Å². The predicted molar refractivity (Wildman–Crippen MR) is 99.2 cm³/mol. The maximum absolute atomic E-state index is 8.49. The Kier molecular flexibility index (Phi) is 11.3. The number of hydrogen-bond donors (Lipinski definition) is 0. The molecular weight excluding hydrogens is 398 g/mol. The largest absolute Gasteiger partial charge is 0.493 e. The standard InChI is InChI=1S/C21H28NO2.ClHO4/c1-4-5-6-7-16-24-20-11-10-19(17-21(20)23-3)9-8-18-12-14-22(2)15-13-18;2-1(3,4)5/h8-15,17H,4-7,16H2,1-3H3;(H,2,3,4,5)/q+1;/p-1. The van der Waals surface area contributed by atoms with Gasteiger partial charge in [-0.25, -0.2) is 23.2 Å². The Hall–Kier alpha value is -2.16. The van der Waals surface area contributed by atoms with Crippen LogP contribution in [-0.4, -0.2) is 13.7 Å². The molecule has 2 rings (SSSR count). The Bertz CT molecular complexity index is 738. The Morgan fingerprint density at radius 2 is 1.52 bits per heavy atom. The van der Waals surface area contributed by atoms with Gasteiger partial charge in [0.15, 0.2) is 23.9 Å². The average molecular weight is 426 g/mol. The first-order valence-corrected chi connectivity index (χ1v) is 10.5. The van der Waals surface area contributed by atoms with Crippen LogP contribution in [0, 0.1) is 10.2 Å². The van der Waals surface area contributed by atoms with Crippen molar-refractivity contribution in [2.75, 3.05) is 13.7 Å². The lowest BCUT2D eigenvalue weighted by Crippen LogP contribution is -2.68. The molecule has 0 N–H and O–H groups in total. The second-order valence-electron chi connectivity index (χ2n) is 6.33. The Morgan fingerprint density at radius 3 is 2.10 bits per heavy atom. The van der Waals surface area contributed by atoms with Crippen molar-refractivity contribution in [2.45, 2.75) is 32.6 Å². The summed E-state index contributed by atoms with van der Waals surface area (Å²) in [7, 11) is -1.25. The van der Waals surface area contributed by atoms with Gasteiger partial charge in [-0.1, -0.05) is 44.4 Å². The SMILES string of the molecule is CCCCCCOc1ccc(C=Cc2cc[n+](C)cc2)cc1OC.[O-][Cl+3]([O-])([O-])[O-]. The number of methoxy groups -OCH3 is 1. The van der Waals surface area contributed by atoms with Gasteiger partial charge in [0, 0.05) is 12.1 Å². The molecule has 7 nitrogen and oxygen atoms in total. The number of aryl methyl sites for hydroxylation is 1. The maximum Gasteiger partial charge on any atom is 0.169 e. The van der Waals surface area contributed by atoms with Crippen molar-refractivity contribution in [3.05, 3.63) is 53.9 Å². The van der Waals surface area contributed by atoms with Crippen molar-refractivity contribution in [3.63, 3.8) is 0 Å². The normalized spacial score (nSPS) is 11.1. The quantitative estimate of drug-likeness (QED) is 0.409. The topological polar surface area (TPSA) is 115 Å². The van der Waals surface area contributed by atoms with Gasteiger partial charge in [0.25, 0.3) is 0 Å². The van der Waals surface area contributed by atoms with Gasteiger partial charge in [0.2, 0.25) is 0 Å². The molecule has 0 radical (unpaired) electrons. The summed E-state index contributed by atoms with van der Waals surface area (Å²) in [4.78, 5) is 0. The fourth-order valence-corrected chi connectivity index (χ4v) is 2.43. The third-order valence-electron chi connectivity index (χ3n) is 3.92. The molecule has 0 amide bonds. The van der Waals surface area contributed by atoms with E-state index >= 15 is 0 Å². The van der Waals surface area contributed by atoms with Crippen molar-refractivity contribution < 1.29 is 42.9 Å². The highest BCUT2D eigenvalue weighted by atomic mass is 35.7. The number of unbranched alkanes of at least 4 members (excludes halogenated alkanes) is 3. The number of nitrogens with zero attached hydrogens (tertiary/aromatic N) is 1. The zero-order chi connectivity index (χ0) is 21.7. The van der Waals surface area contributed by atoms with Crippen molar-refractivity contribution in [1.29, 1.82) is 0 Å². The molecule has 0 fully saturated rings. The second kappa shape index (κ2) is 13.1. The molecule has 0 saturated carbocycles. The van der Waals surface area contributed by atoms with Crippen LogP contribution in [0.4, 0.5) is 0 Å². The van der Waals surface area contributed by atoms with Gasteiger partial charge in [-0.05, 0) is 29.7 Å². The minimum absolute atomic E-state index is 0.743. The van der Waals surface area contributed by atoms with Gasteiger partial charge in [0.1, 0.15) is 7.05 Å². The molecule has 8 heteroatoms. The molecule has 1 aromatic heterocycles. The van der Waals surface area contributed by atoms with Gasteiger partial charge in [0.05, 0.1) is 13.7 Å². The molecule has 0 aliphatic rings. The summed E-state index contributed by atoms with van der Waals surface area (Å²) in [5.74, 6) is 1.60. The number of rotatable bonds is 9. The second-order valence-corrected chi connectivity index (χ2v) is 7.08. The first-order chi connectivity index (χ1) is 13.7. The third-order valence-corrected chi connectivity index (χ3v) is 3.92. The third kappa shape index (κ3) is 12.1. The fourth-order valence-electron chi connectivity index (χ4n) is 2.43. The van der Waals surface area contributed by atoms with Crippen LogP contribution in [0.15, 0.2) is 42.7 Å². The molecule has 1 heterocycles. The molecular formula is C21H28ClNO6. The van der Waals surface area contributed by atoms with Gasteiger partial charge >= 0.3 is 0 Å². The Morgan fingerprint density at radius 1 is 0.897 bits per heavy atom. The summed E-state index contributed by atoms with van der Waals surface area (Å²) in [6.45, 7) is 2.96. The summed E-state index contributed by atoms with van der Waals surface area (Å²) in [6.07, 6.45) is 13.1. The molecule has 0 atom stereocenters. The van der Waals surface area contributed by atoms with Crippen LogP contribution in [0.1, 0.15) is 43.7 Å². The first-order valence-electron chi connectivity index (χ1n) is 9.29. The average Bonchev–Trinajstić information content (AvgIpc) is 2.66. The number of pyridine rings is 1. The van der Waals surface area contributed by atoms with E-state index in [9.17, 15) is 0 Å². The van der Waals surface area contributed by atoms with Crippen molar-refractivity contribution >= 4 is 12.2 Å². The molecule has 29 heavy (non-hydrogen) atoms. The van der Waals surface area contributed by atoms with Gasteiger partial charge < -0.3 is 9.47 Å². The van der Waals surface area contributed by atoms with E-state index < -0.39 is 10.2 Å². The predicted octanol–water partition coefficient (Wildman–Crippen LogP) is -0.107. The summed E-state index contributed by atoms with van der Waals surface area (Å²) < 4.78 is 47.3. The molecule has 0 spiro atoms. The lowest BCUT2D eigenvalue weighted by atomic mass is 10.1. The molecule has 0 unspecified atom stereocenters. The monoisotopic (exact) mass is 425 g/mol. The molecule has 0 saturated heterocycles. The highest BCUT2D eigenvalue weighted by Gasteiger charge is 2.04. The smallest absolute Gasteiger partial charge is 0.169 e. The lowest BCUT2D eigenvalue weighted by molar-refractivity contribution is -2.00. The van der Waals surface area contributed by atoms with E-state index in [0.717, 1.165) is 30.1 Å². The van der Waals surface area contributed by atoms with Crippen molar-refractivity contribution in [1.82, 2.24) is 0 Å². The summed E-state index contributed by atoms with van der Waals surface area (Å²) in [6, 6.07) is 10.2. The van der Waals surface area contributed by atoms with Crippen LogP contribution in [0.5, 0.6) is 11.5 Å². The molecule has 0 aliphatic carbocycles. The fraction of sp³-hybridized carbons (Fsp3) is 0.381. The molecule has 0 bridgehead atoms. The Labute approximate surface area is 174 Å². The number of aromatic nitrogens is 1. The van der Waals surface area contributed by atoms with Crippen molar-refractivity contribution in [3.8, 4) is 11.5 Å². The minimum Gasteiger partial charge on any atom is -0.493 e. The molecule has 0 aliphatic heterocycles. The number of ether oxygens (including phenoxy) is 2. The van der Waals surface area contributed by atoms with E-state index in [-0.39, 0.29) is 0 Å². The molecule has 1 aromatic carbocycles. The minimum atomic E-state index is -4.94. The van der Waals surface area contributed by atoms with Gasteiger partial charge in [-0.2, -0.15) is 0 Å². The van der Waals surface area contributed by atoms with E-state index in [0.29, 0.717) is 0 Å². The van der Waals surface area contributed by atoms with E-state index in [2.05, 4.69) is 37.3 Å². The lowest BCUT2D eigenvalue weighted by Gasteiger charge is -2.17. The number of halogens is 1. The van der Waals surface area contributed by atoms with E-state index in [1.165, 1.54) is 24.8 Å². The van der Waals surface area contributed by atoms with E-state index in [1.807, 2.05) is 36.1 Å². The highest BCUT2D eigenvalue weighted by molar-refractivity contribution is 5.70. The van der Waals surface area contributed by atoms with Crippen LogP contribution in [0.25, 0.3) is 12.2 Å². The van der Waals surface area contributed by atoms with E-state index in [4.69, 9.17) is 28.1 Å². The summed E-state index contributed by atoms with van der Waals surface area (Å²) in [5, 5.41) is 0. The zero-order valence-corrected chi connectivity index (χ0v) is 17.8. The molecule has 2 aromatic rings. The van der Waals surface area contributed by atoms with Crippen molar-refractivity contribution in [2.24, 2.45) is 7.05 Å². The van der Waals surface area contributed by atoms with Crippen LogP contribution in [0.3, 0.4) is 0 Å². The van der Waals surface area contributed by atoms with E-state index in [1.54, 1.807) is 7.11 Å². The van der Waals surface area contributed by atoms with Gasteiger partial charge in [-0.15, -0.1) is 10.2 Å². The van der Waals surface area contributed by atoms with Crippen LogP contribution < -0.4 is 32.7 Å². The molecule has 160 valence electrons.